The van der Waals surface area contributed by atoms with E-state index in [1.807, 2.05) is 35.0 Å². The molecule has 4 aromatic rings. The van der Waals surface area contributed by atoms with Gasteiger partial charge in [0.25, 0.3) is 5.91 Å². The van der Waals surface area contributed by atoms with Crippen LogP contribution in [0.2, 0.25) is 0 Å². The predicted octanol–water partition coefficient (Wildman–Crippen LogP) is 4.84. The van der Waals surface area contributed by atoms with Gasteiger partial charge in [0, 0.05) is 24.6 Å². The molecule has 0 bridgehead atoms. The van der Waals surface area contributed by atoms with Crippen LogP contribution in [-0.4, -0.2) is 38.7 Å². The number of nitrogens with zero attached hydrogens (tertiary/aromatic N) is 4. The highest BCUT2D eigenvalue weighted by Gasteiger charge is 2.22. The van der Waals surface area contributed by atoms with Crippen LogP contribution in [-0.2, 0) is 0 Å². The number of hydrogen-bond donors (Lipinski definition) is 2. The van der Waals surface area contributed by atoms with Crippen molar-refractivity contribution in [2.45, 2.75) is 38.0 Å². The molecule has 0 saturated heterocycles. The summed E-state index contributed by atoms with van der Waals surface area (Å²) in [6.07, 6.45) is 7.61. The Balaban J connectivity index is 1.37. The summed E-state index contributed by atoms with van der Waals surface area (Å²) in [4.78, 5) is 22.1. The fourth-order valence-corrected chi connectivity index (χ4v) is 4.45. The van der Waals surface area contributed by atoms with Crippen LogP contribution >= 0.6 is 0 Å². The van der Waals surface area contributed by atoms with Gasteiger partial charge in [-0.3, -0.25) is 4.79 Å². The first-order valence-corrected chi connectivity index (χ1v) is 11.8. The molecule has 0 radical (unpaired) electrons. The summed E-state index contributed by atoms with van der Waals surface area (Å²) >= 11 is 0. The van der Waals surface area contributed by atoms with Crippen molar-refractivity contribution in [2.75, 3.05) is 18.4 Å². The summed E-state index contributed by atoms with van der Waals surface area (Å²) in [7, 11) is 0. The number of nitrogens with one attached hydrogen (secondary N) is 2. The normalized spacial score (nSPS) is 14.3. The van der Waals surface area contributed by atoms with Gasteiger partial charge in [-0.1, -0.05) is 43.5 Å². The van der Waals surface area contributed by atoms with E-state index >= 15 is 0 Å². The number of halogens is 1. The highest BCUT2D eigenvalue weighted by Crippen LogP contribution is 2.33. The minimum absolute atomic E-state index is 0.299. The third-order valence-corrected chi connectivity index (χ3v) is 6.21. The molecular weight excluding hydrogens is 431 g/mol. The van der Waals surface area contributed by atoms with E-state index in [2.05, 4.69) is 15.7 Å². The summed E-state index contributed by atoms with van der Waals surface area (Å²) in [5, 5.41) is 11.6. The monoisotopic (exact) mass is 458 g/mol. The highest BCUT2D eigenvalue weighted by molar-refractivity contribution is 5.94. The lowest BCUT2D eigenvalue weighted by Gasteiger charge is -2.21. The second-order valence-corrected chi connectivity index (χ2v) is 8.59. The van der Waals surface area contributed by atoms with Crippen LogP contribution in [0.4, 0.5) is 10.2 Å². The lowest BCUT2D eigenvalue weighted by Crippen LogP contribution is -2.29. The van der Waals surface area contributed by atoms with Crippen LogP contribution in [0.1, 0.15) is 54.2 Å². The van der Waals surface area contributed by atoms with Crippen LogP contribution < -0.4 is 10.6 Å². The molecule has 1 aliphatic carbocycles. The average molecular weight is 459 g/mol. The second-order valence-electron chi connectivity index (χ2n) is 8.59. The third kappa shape index (κ3) is 4.76. The van der Waals surface area contributed by atoms with E-state index in [9.17, 15) is 9.18 Å². The maximum atomic E-state index is 13.4. The summed E-state index contributed by atoms with van der Waals surface area (Å²) in [5.74, 6) is 1.16. The number of hydrogen-bond acceptors (Lipinski definition) is 5. The van der Waals surface area contributed by atoms with Crippen molar-refractivity contribution in [3.05, 3.63) is 78.0 Å². The van der Waals surface area contributed by atoms with Crippen molar-refractivity contribution in [1.29, 1.82) is 0 Å². The van der Waals surface area contributed by atoms with E-state index in [1.54, 1.807) is 12.3 Å². The topological polar surface area (TPSA) is 84.7 Å². The maximum Gasteiger partial charge on any atom is 0.251 e. The van der Waals surface area contributed by atoms with Gasteiger partial charge in [-0.15, -0.1) is 0 Å². The quantitative estimate of drug-likeness (QED) is 0.387. The van der Waals surface area contributed by atoms with E-state index in [4.69, 9.17) is 9.97 Å². The summed E-state index contributed by atoms with van der Waals surface area (Å²) in [6, 6.07) is 15.6. The molecule has 2 heterocycles. The zero-order chi connectivity index (χ0) is 23.3. The molecule has 1 aliphatic rings. The first-order chi connectivity index (χ1) is 16.7. The van der Waals surface area contributed by atoms with Gasteiger partial charge in [0.05, 0.1) is 17.3 Å². The Morgan fingerprint density at radius 3 is 2.62 bits per heavy atom. The van der Waals surface area contributed by atoms with E-state index in [0.29, 0.717) is 30.4 Å². The Kier molecular flexibility index (Phi) is 6.46. The van der Waals surface area contributed by atoms with Crippen molar-refractivity contribution in [2.24, 2.45) is 0 Å². The Bertz CT molecular complexity index is 1280. The SMILES string of the molecule is O=C(NCCNc1nc(C2CCCCC2)nc2c1cnn2-c1ccccc1)c1cccc(F)c1. The Hall–Kier alpha value is -3.81. The molecule has 1 saturated carbocycles. The minimum Gasteiger partial charge on any atom is -0.368 e. The number of anilines is 1. The fourth-order valence-electron chi connectivity index (χ4n) is 4.45. The summed E-state index contributed by atoms with van der Waals surface area (Å²) in [6.45, 7) is 0.834. The lowest BCUT2D eigenvalue weighted by molar-refractivity contribution is 0.0954. The standard InChI is InChI=1S/C26H27FN6O/c27-20-11-7-10-19(16-20)26(34)29-15-14-28-24-22-17-30-33(21-12-5-2-6-13-21)25(22)32-23(31-24)18-8-3-1-4-9-18/h2,5-7,10-13,16-18H,1,3-4,8-9,14-15H2,(H,29,34)(H,28,31,32). The van der Waals surface area contributed by atoms with Gasteiger partial charge in [0.2, 0.25) is 0 Å². The van der Waals surface area contributed by atoms with E-state index in [0.717, 1.165) is 35.4 Å². The lowest BCUT2D eigenvalue weighted by atomic mass is 9.88. The van der Waals surface area contributed by atoms with Crippen LogP contribution in [0.3, 0.4) is 0 Å². The number of amides is 1. The van der Waals surface area contributed by atoms with Crippen molar-refractivity contribution >= 4 is 22.8 Å². The number of fused-ring (bicyclic) bond motifs is 1. The molecular formula is C26H27FN6O. The van der Waals surface area contributed by atoms with Gasteiger partial charge in [-0.05, 0) is 43.2 Å². The molecule has 0 spiro atoms. The summed E-state index contributed by atoms with van der Waals surface area (Å²) < 4.78 is 15.2. The molecule has 8 heteroatoms. The smallest absolute Gasteiger partial charge is 0.251 e. The van der Waals surface area contributed by atoms with Crippen molar-refractivity contribution in [1.82, 2.24) is 25.1 Å². The van der Waals surface area contributed by atoms with Crippen LogP contribution in [0, 0.1) is 5.82 Å². The zero-order valence-corrected chi connectivity index (χ0v) is 18.9. The average Bonchev–Trinajstić information content (AvgIpc) is 3.32. The molecule has 1 fully saturated rings. The van der Waals surface area contributed by atoms with E-state index < -0.39 is 5.82 Å². The number of benzene rings is 2. The highest BCUT2D eigenvalue weighted by atomic mass is 19.1. The van der Waals surface area contributed by atoms with Gasteiger partial charge in [-0.2, -0.15) is 5.10 Å². The number of carbonyl (C=O) groups excluding carboxylic acids is 1. The van der Waals surface area contributed by atoms with Gasteiger partial charge < -0.3 is 10.6 Å². The first kappa shape index (κ1) is 22.0. The molecule has 0 unspecified atom stereocenters. The fraction of sp³-hybridized carbons (Fsp3) is 0.308. The molecule has 2 N–H and O–H groups in total. The van der Waals surface area contributed by atoms with Crippen molar-refractivity contribution < 1.29 is 9.18 Å². The van der Waals surface area contributed by atoms with Gasteiger partial charge >= 0.3 is 0 Å². The minimum atomic E-state index is -0.431. The number of carbonyl (C=O) groups is 1. The third-order valence-electron chi connectivity index (χ3n) is 6.21. The van der Waals surface area contributed by atoms with Crippen LogP contribution in [0.25, 0.3) is 16.7 Å². The number of para-hydroxylation sites is 1. The Morgan fingerprint density at radius 2 is 1.82 bits per heavy atom. The largest absolute Gasteiger partial charge is 0.368 e. The van der Waals surface area contributed by atoms with Crippen molar-refractivity contribution in [3.8, 4) is 5.69 Å². The summed E-state index contributed by atoms with van der Waals surface area (Å²) in [5.41, 5.74) is 2.01. The number of aromatic nitrogens is 4. The molecule has 2 aromatic heterocycles. The van der Waals surface area contributed by atoms with E-state index in [1.165, 1.54) is 37.5 Å². The predicted molar refractivity (Wildman–Crippen MR) is 130 cm³/mol. The molecule has 0 aliphatic heterocycles. The molecule has 7 nitrogen and oxygen atoms in total. The zero-order valence-electron chi connectivity index (χ0n) is 18.9. The molecule has 174 valence electrons. The molecule has 0 atom stereocenters. The first-order valence-electron chi connectivity index (χ1n) is 11.8. The number of rotatable bonds is 7. The molecule has 34 heavy (non-hydrogen) atoms. The molecule has 2 aromatic carbocycles. The maximum absolute atomic E-state index is 13.4. The Morgan fingerprint density at radius 1 is 1.00 bits per heavy atom. The Labute approximate surface area is 197 Å². The van der Waals surface area contributed by atoms with E-state index in [-0.39, 0.29) is 5.91 Å². The van der Waals surface area contributed by atoms with Crippen molar-refractivity contribution in [3.63, 3.8) is 0 Å². The van der Waals surface area contributed by atoms with Gasteiger partial charge in [0.15, 0.2) is 5.65 Å². The van der Waals surface area contributed by atoms with Crippen LogP contribution in [0.15, 0.2) is 60.8 Å². The second kappa shape index (κ2) is 9.99. The van der Waals surface area contributed by atoms with Gasteiger partial charge in [-0.25, -0.2) is 19.0 Å². The molecule has 5 rings (SSSR count). The van der Waals surface area contributed by atoms with Gasteiger partial charge in [0.1, 0.15) is 17.5 Å². The van der Waals surface area contributed by atoms with Crippen LogP contribution in [0.5, 0.6) is 0 Å². The molecule has 1 amide bonds.